The number of aliphatic hydroxyl groups excluding tert-OH is 2. The van der Waals surface area contributed by atoms with Crippen LogP contribution in [0.3, 0.4) is 0 Å². The number of phenols is 1. The molecule has 0 aromatic heterocycles. The molecule has 6 unspecified atom stereocenters. The molecule has 6 atom stereocenters. The number of ether oxygens (including phenoxy) is 2. The molecule has 1 aromatic carbocycles. The number of methoxy groups -OCH3 is 1. The predicted octanol–water partition coefficient (Wildman–Crippen LogP) is 2.33. The summed E-state index contributed by atoms with van der Waals surface area (Å²) in [5, 5.41) is 42.0. The predicted molar refractivity (Wildman–Crippen MR) is 113 cm³/mol. The summed E-state index contributed by atoms with van der Waals surface area (Å²) in [6.07, 6.45) is 3.11. The molecule has 0 aliphatic heterocycles. The standard InChI is InChI=1S/C24H32O7/c1-13-5-16(30-4)7-18(27)20(13)21(28)31-19-10-23(3)17-9-22(2,12-26)8-14(17)6-15(11-25)24(19,23)29/h5-7,14,17,19,25-27,29H,8-12H2,1-4H3. The van der Waals surface area contributed by atoms with Crippen LogP contribution in [0.5, 0.6) is 11.5 Å². The number of allylic oxidation sites excluding steroid dienone is 1. The number of esters is 1. The van der Waals surface area contributed by atoms with Crippen LogP contribution in [0, 0.1) is 29.6 Å². The lowest BCUT2D eigenvalue weighted by Gasteiger charge is -2.65. The van der Waals surface area contributed by atoms with Gasteiger partial charge in [0.1, 0.15) is 28.8 Å². The van der Waals surface area contributed by atoms with E-state index in [9.17, 15) is 25.2 Å². The molecular weight excluding hydrogens is 400 g/mol. The van der Waals surface area contributed by atoms with Crippen LogP contribution >= 0.6 is 0 Å². The fourth-order valence-electron chi connectivity index (χ4n) is 6.40. The molecule has 0 radical (unpaired) electrons. The molecule has 0 bridgehead atoms. The van der Waals surface area contributed by atoms with Crippen LogP contribution in [-0.4, -0.2) is 58.4 Å². The molecule has 7 heteroatoms. The number of rotatable bonds is 5. The lowest BCUT2D eigenvalue weighted by Crippen LogP contribution is -2.73. The Morgan fingerprint density at radius 1 is 1.19 bits per heavy atom. The molecule has 4 rings (SSSR count). The Hall–Kier alpha value is -2.09. The van der Waals surface area contributed by atoms with E-state index in [4.69, 9.17) is 9.47 Å². The average molecular weight is 433 g/mol. The molecule has 0 saturated heterocycles. The molecule has 3 aliphatic carbocycles. The summed E-state index contributed by atoms with van der Waals surface area (Å²) < 4.78 is 10.8. The Kier molecular flexibility index (Phi) is 5.15. The number of aryl methyl sites for hydroxylation is 1. The monoisotopic (exact) mass is 432 g/mol. The summed E-state index contributed by atoms with van der Waals surface area (Å²) in [7, 11) is 1.47. The first-order valence-corrected chi connectivity index (χ1v) is 10.8. The van der Waals surface area contributed by atoms with Gasteiger partial charge in [-0.05, 0) is 60.6 Å². The summed E-state index contributed by atoms with van der Waals surface area (Å²) in [5.41, 5.74) is -1.26. The molecule has 1 aromatic rings. The first-order chi connectivity index (χ1) is 14.5. The highest BCUT2D eigenvalue weighted by molar-refractivity contribution is 5.94. The minimum absolute atomic E-state index is 0.0370. The van der Waals surface area contributed by atoms with E-state index < -0.39 is 23.1 Å². The van der Waals surface area contributed by atoms with Gasteiger partial charge in [-0.1, -0.05) is 19.9 Å². The molecule has 3 aliphatic rings. The molecule has 0 spiro atoms. The van der Waals surface area contributed by atoms with Crippen molar-refractivity contribution >= 4 is 5.97 Å². The second-order valence-electron chi connectivity index (χ2n) is 10.1. The first-order valence-electron chi connectivity index (χ1n) is 10.8. The maximum atomic E-state index is 12.9. The molecule has 170 valence electrons. The Labute approximate surface area is 182 Å². The molecule has 2 saturated carbocycles. The van der Waals surface area contributed by atoms with Gasteiger partial charge in [0.15, 0.2) is 0 Å². The average Bonchev–Trinajstić information content (AvgIpc) is 3.07. The van der Waals surface area contributed by atoms with Crippen molar-refractivity contribution in [2.45, 2.75) is 51.7 Å². The molecule has 0 heterocycles. The van der Waals surface area contributed by atoms with E-state index in [1.807, 2.05) is 19.9 Å². The third-order valence-electron chi connectivity index (χ3n) is 8.16. The van der Waals surface area contributed by atoms with E-state index in [1.54, 1.807) is 13.0 Å². The van der Waals surface area contributed by atoms with Crippen LogP contribution in [-0.2, 0) is 4.74 Å². The highest BCUT2D eigenvalue weighted by Gasteiger charge is 2.72. The van der Waals surface area contributed by atoms with Crippen molar-refractivity contribution in [2.75, 3.05) is 20.3 Å². The van der Waals surface area contributed by atoms with E-state index in [2.05, 4.69) is 0 Å². The van der Waals surface area contributed by atoms with Crippen LogP contribution in [0.25, 0.3) is 0 Å². The molecule has 7 nitrogen and oxygen atoms in total. The van der Waals surface area contributed by atoms with Crippen molar-refractivity contribution in [1.82, 2.24) is 0 Å². The Morgan fingerprint density at radius 2 is 1.90 bits per heavy atom. The largest absolute Gasteiger partial charge is 0.507 e. The number of hydrogen-bond donors (Lipinski definition) is 4. The van der Waals surface area contributed by atoms with Gasteiger partial charge < -0.3 is 29.9 Å². The number of fused-ring (bicyclic) bond motifs is 3. The SMILES string of the molecule is COc1cc(C)c(C(=O)OC2CC3(C)C4CC(C)(CO)CC4C=C(CO)C23O)c(O)c1. The van der Waals surface area contributed by atoms with E-state index in [1.165, 1.54) is 13.2 Å². The van der Waals surface area contributed by atoms with Gasteiger partial charge in [0.05, 0.1) is 13.7 Å². The Morgan fingerprint density at radius 3 is 2.48 bits per heavy atom. The second-order valence-corrected chi connectivity index (χ2v) is 10.1. The van der Waals surface area contributed by atoms with Crippen LogP contribution in [0.2, 0.25) is 0 Å². The van der Waals surface area contributed by atoms with Gasteiger partial charge in [0.25, 0.3) is 0 Å². The Balaban J connectivity index is 1.63. The van der Waals surface area contributed by atoms with E-state index in [0.717, 1.165) is 12.8 Å². The second kappa shape index (κ2) is 7.22. The molecule has 31 heavy (non-hydrogen) atoms. The minimum atomic E-state index is -1.48. The smallest absolute Gasteiger partial charge is 0.342 e. The molecule has 2 fully saturated rings. The number of aromatic hydroxyl groups is 1. The van der Waals surface area contributed by atoms with Crippen LogP contribution < -0.4 is 4.74 Å². The number of hydrogen-bond acceptors (Lipinski definition) is 7. The van der Waals surface area contributed by atoms with E-state index >= 15 is 0 Å². The maximum absolute atomic E-state index is 12.9. The highest BCUT2D eigenvalue weighted by Crippen LogP contribution is 2.68. The van der Waals surface area contributed by atoms with Gasteiger partial charge in [-0.2, -0.15) is 0 Å². The fourth-order valence-corrected chi connectivity index (χ4v) is 6.40. The normalized spacial score (nSPS) is 38.5. The fraction of sp³-hybridized carbons (Fsp3) is 0.625. The molecular formula is C24H32O7. The van der Waals surface area contributed by atoms with Gasteiger partial charge in [-0.15, -0.1) is 0 Å². The van der Waals surface area contributed by atoms with E-state index in [-0.39, 0.29) is 41.8 Å². The zero-order chi connectivity index (χ0) is 22.8. The van der Waals surface area contributed by atoms with Gasteiger partial charge in [-0.3, -0.25) is 0 Å². The third kappa shape index (κ3) is 3.01. The zero-order valence-corrected chi connectivity index (χ0v) is 18.5. The van der Waals surface area contributed by atoms with E-state index in [0.29, 0.717) is 23.3 Å². The van der Waals surface area contributed by atoms with Crippen molar-refractivity contribution in [2.24, 2.45) is 22.7 Å². The van der Waals surface area contributed by atoms with Crippen molar-refractivity contribution in [3.63, 3.8) is 0 Å². The summed E-state index contributed by atoms with van der Waals surface area (Å²) in [5.74, 6) is -0.250. The van der Waals surface area contributed by atoms with Gasteiger partial charge in [0.2, 0.25) is 0 Å². The Bertz CT molecular complexity index is 917. The lowest BCUT2D eigenvalue weighted by atomic mass is 9.44. The van der Waals surface area contributed by atoms with Gasteiger partial charge in [0, 0.05) is 18.1 Å². The van der Waals surface area contributed by atoms with Crippen molar-refractivity contribution in [3.8, 4) is 11.5 Å². The number of aliphatic hydroxyl groups is 3. The summed E-state index contributed by atoms with van der Waals surface area (Å²) in [6, 6.07) is 2.98. The topological polar surface area (TPSA) is 116 Å². The van der Waals surface area contributed by atoms with Crippen molar-refractivity contribution in [1.29, 1.82) is 0 Å². The number of carbonyl (C=O) groups excluding carboxylic acids is 1. The third-order valence-corrected chi connectivity index (χ3v) is 8.16. The maximum Gasteiger partial charge on any atom is 0.342 e. The highest BCUT2D eigenvalue weighted by atomic mass is 16.6. The zero-order valence-electron chi connectivity index (χ0n) is 18.5. The first kappa shape index (κ1) is 22.1. The van der Waals surface area contributed by atoms with Crippen LogP contribution in [0.1, 0.15) is 49.0 Å². The number of benzene rings is 1. The quantitative estimate of drug-likeness (QED) is 0.417. The van der Waals surface area contributed by atoms with Crippen LogP contribution in [0.15, 0.2) is 23.8 Å². The van der Waals surface area contributed by atoms with Gasteiger partial charge >= 0.3 is 5.97 Å². The van der Waals surface area contributed by atoms with Gasteiger partial charge in [-0.25, -0.2) is 4.79 Å². The lowest BCUT2D eigenvalue weighted by molar-refractivity contribution is -0.250. The van der Waals surface area contributed by atoms with Crippen molar-refractivity contribution in [3.05, 3.63) is 34.9 Å². The number of phenolic OH excluding ortho intramolecular Hbond substituents is 1. The summed E-state index contributed by atoms with van der Waals surface area (Å²) >= 11 is 0. The summed E-state index contributed by atoms with van der Waals surface area (Å²) in [4.78, 5) is 12.9. The van der Waals surface area contributed by atoms with Crippen LogP contribution in [0.4, 0.5) is 0 Å². The summed E-state index contributed by atoms with van der Waals surface area (Å²) in [6.45, 7) is 5.46. The molecule has 0 amide bonds. The number of carbonyl (C=O) groups is 1. The van der Waals surface area contributed by atoms with Crippen molar-refractivity contribution < 1.29 is 34.7 Å². The minimum Gasteiger partial charge on any atom is -0.507 e. The molecule has 4 N–H and O–H groups in total.